The first-order valence-electron chi connectivity index (χ1n) is 12.4. The largest absolute Gasteiger partial charge is 0.512 e. The highest BCUT2D eigenvalue weighted by Gasteiger charge is 2.28. The Balaban J connectivity index is 1.82. The molecule has 0 amide bonds. The number of rotatable bonds is 10. The van der Waals surface area contributed by atoms with Gasteiger partial charge in [-0.1, -0.05) is 11.6 Å². The smallest absolute Gasteiger partial charge is 0.316 e. The number of halogens is 1. The minimum atomic E-state index is -0.683. The van der Waals surface area contributed by atoms with E-state index in [0.717, 1.165) is 11.3 Å². The van der Waals surface area contributed by atoms with Crippen LogP contribution in [0.1, 0.15) is 36.4 Å². The molecule has 1 aromatic carbocycles. The lowest BCUT2D eigenvalue weighted by molar-refractivity contribution is 0.108. The summed E-state index contributed by atoms with van der Waals surface area (Å²) in [6.45, 7) is 6.44. The number of allylic oxidation sites excluding steroid dienone is 2. The van der Waals surface area contributed by atoms with Gasteiger partial charge in [-0.05, 0) is 46.0 Å². The SMILES string of the molecule is CNC[C@@H](O)COc1ccc(Cl)c(-c2nc(/C(C(C)=N)=C(\C)O)c(C)c(N3Cc4cnc(OC)nc4C3)n2)c1. The Kier molecular flexibility index (Phi) is 8.63. The normalized spacial score (nSPS) is 14.1. The number of hydrogen-bond acceptors (Lipinski definition) is 11. The second kappa shape index (κ2) is 11.9. The van der Waals surface area contributed by atoms with Gasteiger partial charge < -0.3 is 35.3 Å². The number of likely N-dealkylation sites (N-methyl/N-ethyl adjacent to an activating group) is 1. The molecular weight excluding hydrogens is 522 g/mol. The molecule has 3 heterocycles. The minimum Gasteiger partial charge on any atom is -0.512 e. The van der Waals surface area contributed by atoms with Crippen molar-refractivity contribution in [2.75, 3.05) is 32.2 Å². The summed E-state index contributed by atoms with van der Waals surface area (Å²) in [5.74, 6) is 1.38. The summed E-state index contributed by atoms with van der Waals surface area (Å²) < 4.78 is 11.0. The Morgan fingerprint density at radius 1 is 1.23 bits per heavy atom. The van der Waals surface area contributed by atoms with Crippen molar-refractivity contribution in [3.05, 3.63) is 57.7 Å². The molecule has 0 unspecified atom stereocenters. The average Bonchev–Trinajstić information content (AvgIpc) is 3.32. The van der Waals surface area contributed by atoms with Crippen LogP contribution in [0.5, 0.6) is 11.8 Å². The van der Waals surface area contributed by atoms with Crippen LogP contribution in [0, 0.1) is 12.3 Å². The van der Waals surface area contributed by atoms with Gasteiger partial charge in [0, 0.05) is 41.7 Å². The van der Waals surface area contributed by atoms with Crippen LogP contribution in [0.25, 0.3) is 17.0 Å². The van der Waals surface area contributed by atoms with E-state index in [-0.39, 0.29) is 18.1 Å². The maximum absolute atomic E-state index is 10.5. The number of ether oxygens (including phenoxy) is 2. The third-order valence-electron chi connectivity index (χ3n) is 6.27. The molecule has 1 aliphatic heterocycles. The molecule has 4 N–H and O–H groups in total. The summed E-state index contributed by atoms with van der Waals surface area (Å²) in [6, 6.07) is 5.40. The maximum atomic E-state index is 10.5. The zero-order valence-corrected chi connectivity index (χ0v) is 23.3. The van der Waals surface area contributed by atoms with Crippen molar-refractivity contribution >= 4 is 28.7 Å². The first-order valence-corrected chi connectivity index (χ1v) is 12.7. The molecule has 206 valence electrons. The molecule has 0 aliphatic carbocycles. The Bertz CT molecular complexity index is 1430. The molecule has 1 atom stereocenters. The molecule has 4 rings (SSSR count). The molecule has 39 heavy (non-hydrogen) atoms. The molecule has 2 aromatic heterocycles. The van der Waals surface area contributed by atoms with Gasteiger partial charge in [-0.3, -0.25) is 0 Å². The Labute approximate surface area is 232 Å². The molecule has 0 radical (unpaired) electrons. The van der Waals surface area contributed by atoms with E-state index in [4.69, 9.17) is 36.5 Å². The fraction of sp³-hybridized carbons (Fsp3) is 0.370. The van der Waals surface area contributed by atoms with Gasteiger partial charge in [-0.15, -0.1) is 0 Å². The highest BCUT2D eigenvalue weighted by Crippen LogP contribution is 2.37. The fourth-order valence-corrected chi connectivity index (χ4v) is 4.63. The van der Waals surface area contributed by atoms with Crippen LogP contribution in [0.15, 0.2) is 30.2 Å². The molecule has 12 heteroatoms. The first kappa shape index (κ1) is 28.2. The molecule has 1 aliphatic rings. The van der Waals surface area contributed by atoms with Gasteiger partial charge in [0.1, 0.15) is 30.0 Å². The maximum Gasteiger partial charge on any atom is 0.316 e. The lowest BCUT2D eigenvalue weighted by Gasteiger charge is -2.22. The van der Waals surface area contributed by atoms with E-state index in [9.17, 15) is 10.2 Å². The van der Waals surface area contributed by atoms with Crippen molar-refractivity contribution in [2.45, 2.75) is 40.0 Å². The van der Waals surface area contributed by atoms with E-state index in [1.54, 1.807) is 38.4 Å². The number of anilines is 1. The van der Waals surface area contributed by atoms with Crippen LogP contribution in [0.3, 0.4) is 0 Å². The molecule has 0 saturated carbocycles. The third kappa shape index (κ3) is 6.11. The summed E-state index contributed by atoms with van der Waals surface area (Å²) in [7, 11) is 3.28. The summed E-state index contributed by atoms with van der Waals surface area (Å²) in [4.78, 5) is 20.4. The Morgan fingerprint density at radius 3 is 2.67 bits per heavy atom. The van der Waals surface area contributed by atoms with E-state index in [1.165, 1.54) is 14.0 Å². The van der Waals surface area contributed by atoms with Crippen LogP contribution in [-0.2, 0) is 13.1 Å². The van der Waals surface area contributed by atoms with Gasteiger partial charge in [-0.25, -0.2) is 15.0 Å². The molecule has 0 saturated heterocycles. The van der Waals surface area contributed by atoms with Crippen LogP contribution in [0.2, 0.25) is 5.02 Å². The first-order chi connectivity index (χ1) is 18.6. The zero-order valence-electron chi connectivity index (χ0n) is 22.5. The number of benzene rings is 1. The predicted molar refractivity (Wildman–Crippen MR) is 150 cm³/mol. The van der Waals surface area contributed by atoms with Gasteiger partial charge in [0.15, 0.2) is 5.82 Å². The summed E-state index contributed by atoms with van der Waals surface area (Å²) in [5, 5.41) is 32.2. The monoisotopic (exact) mass is 553 g/mol. The van der Waals surface area contributed by atoms with Crippen molar-refractivity contribution in [2.24, 2.45) is 0 Å². The number of methoxy groups -OCH3 is 1. The Morgan fingerprint density at radius 2 is 2.00 bits per heavy atom. The lowest BCUT2D eigenvalue weighted by Crippen LogP contribution is -2.29. The van der Waals surface area contributed by atoms with Crippen LogP contribution >= 0.6 is 11.6 Å². The molecule has 0 fully saturated rings. The molecule has 0 bridgehead atoms. The van der Waals surface area contributed by atoms with E-state index in [0.29, 0.717) is 70.5 Å². The van der Waals surface area contributed by atoms with E-state index < -0.39 is 6.10 Å². The van der Waals surface area contributed by atoms with Crippen molar-refractivity contribution in [3.63, 3.8) is 0 Å². The standard InChI is InChI=1S/C27H32ClN7O4/c1-14-24(23(15(2)29)16(3)36)33-25(20-8-19(6-7-21(20)28)39-13-18(37)10-30-4)34-26(14)35-11-17-9-31-27(38-5)32-22(17)12-35/h6-9,18,29-30,36-37H,10-13H2,1-5H3/b23-16+,29-15?/t18-/m1/s1. The van der Waals surface area contributed by atoms with Crippen LogP contribution in [0.4, 0.5) is 5.82 Å². The Hall–Kier alpha value is -3.80. The van der Waals surface area contributed by atoms with Crippen molar-refractivity contribution in [1.29, 1.82) is 5.41 Å². The molecule has 3 aromatic rings. The second-order valence-electron chi connectivity index (χ2n) is 9.28. The van der Waals surface area contributed by atoms with Gasteiger partial charge in [0.05, 0.1) is 35.6 Å². The number of nitrogens with zero attached hydrogens (tertiary/aromatic N) is 5. The topological polar surface area (TPSA) is 150 Å². The average molecular weight is 554 g/mol. The second-order valence-corrected chi connectivity index (χ2v) is 9.69. The highest BCUT2D eigenvalue weighted by atomic mass is 35.5. The molecule has 11 nitrogen and oxygen atoms in total. The number of nitrogens with one attached hydrogen (secondary N) is 2. The van der Waals surface area contributed by atoms with E-state index in [2.05, 4.69) is 15.3 Å². The van der Waals surface area contributed by atoms with Crippen LogP contribution in [-0.4, -0.2) is 69.3 Å². The lowest BCUT2D eigenvalue weighted by atomic mass is 10.0. The predicted octanol–water partition coefficient (Wildman–Crippen LogP) is 3.71. The number of aromatic nitrogens is 4. The fourth-order valence-electron chi connectivity index (χ4n) is 4.43. The number of aliphatic hydroxyl groups excluding tert-OH is 2. The van der Waals surface area contributed by atoms with Crippen molar-refractivity contribution < 1.29 is 19.7 Å². The quantitative estimate of drug-likeness (QED) is 0.216. The third-order valence-corrected chi connectivity index (χ3v) is 6.60. The number of fused-ring (bicyclic) bond motifs is 1. The number of aliphatic hydroxyl groups is 2. The van der Waals surface area contributed by atoms with Gasteiger partial charge in [-0.2, -0.15) is 4.98 Å². The van der Waals surface area contributed by atoms with Crippen LogP contribution < -0.4 is 19.7 Å². The zero-order chi connectivity index (χ0) is 28.3. The summed E-state index contributed by atoms with van der Waals surface area (Å²) >= 11 is 6.61. The van der Waals surface area contributed by atoms with E-state index in [1.807, 2.05) is 11.8 Å². The summed E-state index contributed by atoms with van der Waals surface area (Å²) in [6.07, 6.45) is 1.06. The van der Waals surface area contributed by atoms with Crippen molar-refractivity contribution in [1.82, 2.24) is 25.3 Å². The number of hydrogen-bond donors (Lipinski definition) is 4. The summed E-state index contributed by atoms with van der Waals surface area (Å²) in [5.41, 5.74) is 3.88. The molecule has 0 spiro atoms. The van der Waals surface area contributed by atoms with Gasteiger partial charge in [0.25, 0.3) is 0 Å². The van der Waals surface area contributed by atoms with Crippen molar-refractivity contribution in [3.8, 4) is 23.1 Å². The minimum absolute atomic E-state index is 0.0248. The molecular formula is C27H32ClN7O4. The highest BCUT2D eigenvalue weighted by molar-refractivity contribution is 6.33. The van der Waals surface area contributed by atoms with Gasteiger partial charge in [0.2, 0.25) is 0 Å². The van der Waals surface area contributed by atoms with Gasteiger partial charge >= 0.3 is 6.01 Å². The van der Waals surface area contributed by atoms with E-state index >= 15 is 0 Å².